The number of esters is 1. The van der Waals surface area contributed by atoms with Gasteiger partial charge in [-0.25, -0.2) is 9.80 Å². The molecule has 2 aromatic rings. The number of hydrogen-bond acceptors (Lipinski definition) is 6. The maximum absolute atomic E-state index is 12.9. The van der Waals surface area contributed by atoms with Gasteiger partial charge in [-0.1, -0.05) is 24.3 Å². The summed E-state index contributed by atoms with van der Waals surface area (Å²) < 4.78 is 16.7. The molecule has 8 heteroatoms. The zero-order valence-electron chi connectivity index (χ0n) is 19.5. The van der Waals surface area contributed by atoms with Crippen LogP contribution < -0.4 is 19.9 Å². The fourth-order valence-corrected chi connectivity index (χ4v) is 3.44. The number of para-hydroxylation sites is 1. The van der Waals surface area contributed by atoms with Gasteiger partial charge in [0.05, 0.1) is 18.9 Å². The first-order valence-electron chi connectivity index (χ1n) is 11.1. The van der Waals surface area contributed by atoms with Gasteiger partial charge in [0.1, 0.15) is 5.57 Å². The number of carbonyl (C=O) groups is 3. The summed E-state index contributed by atoms with van der Waals surface area (Å²) in [7, 11) is 0. The molecule has 1 aliphatic rings. The second kappa shape index (κ2) is 11.2. The third kappa shape index (κ3) is 5.46. The van der Waals surface area contributed by atoms with Crippen molar-refractivity contribution >= 4 is 29.5 Å². The van der Waals surface area contributed by atoms with Crippen molar-refractivity contribution in [2.45, 2.75) is 33.3 Å². The number of nitrogens with zero attached hydrogens (tertiary/aromatic N) is 1. The number of nitrogens with one attached hydrogen (secondary N) is 1. The van der Waals surface area contributed by atoms with E-state index in [9.17, 15) is 14.4 Å². The quantitative estimate of drug-likeness (QED) is 0.250. The SMILES string of the molecule is C=CCc1cc(/C=C2/C(=O)NN(c3ccccc3)C2=O)cc(OCC)c1O[C@@H](C)C(=O)OCC. The van der Waals surface area contributed by atoms with Gasteiger partial charge in [-0.05, 0) is 63.1 Å². The highest BCUT2D eigenvalue weighted by Gasteiger charge is 2.34. The minimum Gasteiger partial charge on any atom is -0.490 e. The number of rotatable bonds is 10. The van der Waals surface area contributed by atoms with Gasteiger partial charge < -0.3 is 14.2 Å². The van der Waals surface area contributed by atoms with Crippen LogP contribution >= 0.6 is 0 Å². The molecule has 1 saturated heterocycles. The van der Waals surface area contributed by atoms with Crippen molar-refractivity contribution in [3.05, 3.63) is 71.8 Å². The Kier molecular flexibility index (Phi) is 8.08. The fraction of sp³-hybridized carbons (Fsp3) is 0.269. The molecule has 0 unspecified atom stereocenters. The second-order valence-corrected chi connectivity index (χ2v) is 7.42. The normalized spacial score (nSPS) is 15.1. The summed E-state index contributed by atoms with van der Waals surface area (Å²) in [6, 6.07) is 12.3. The van der Waals surface area contributed by atoms with E-state index in [0.717, 1.165) is 0 Å². The van der Waals surface area contributed by atoms with E-state index < -0.39 is 23.9 Å². The first-order chi connectivity index (χ1) is 16.4. The Bertz CT molecular complexity index is 1110. The van der Waals surface area contributed by atoms with Crippen LogP contribution in [0.1, 0.15) is 31.9 Å². The first-order valence-corrected chi connectivity index (χ1v) is 11.1. The van der Waals surface area contributed by atoms with E-state index in [1.807, 2.05) is 13.0 Å². The summed E-state index contributed by atoms with van der Waals surface area (Å²) in [5.41, 5.74) is 4.40. The Morgan fingerprint density at radius 3 is 2.53 bits per heavy atom. The molecule has 0 aliphatic carbocycles. The molecule has 3 rings (SSSR count). The van der Waals surface area contributed by atoms with Crippen LogP contribution in [0.2, 0.25) is 0 Å². The first kappa shape index (κ1) is 24.6. The third-order valence-electron chi connectivity index (χ3n) is 4.95. The van der Waals surface area contributed by atoms with Crippen LogP contribution in [0, 0.1) is 0 Å². The van der Waals surface area contributed by atoms with Gasteiger partial charge in [0.2, 0.25) is 0 Å². The zero-order valence-corrected chi connectivity index (χ0v) is 19.5. The summed E-state index contributed by atoms with van der Waals surface area (Å²) in [6.07, 6.45) is 2.76. The Morgan fingerprint density at radius 2 is 1.88 bits per heavy atom. The second-order valence-electron chi connectivity index (χ2n) is 7.42. The molecule has 1 N–H and O–H groups in total. The molecule has 0 saturated carbocycles. The standard InChI is InChI=1S/C26H28N2O6/c1-5-11-19-14-18(16-22(32-6-2)23(19)34-17(4)26(31)33-7-3)15-21-24(29)27-28(25(21)30)20-12-9-8-10-13-20/h5,8-10,12-17H,1,6-7,11H2,2-4H3,(H,27,29)/b21-15-/t17-/m0/s1. The molecule has 0 spiro atoms. The third-order valence-corrected chi connectivity index (χ3v) is 4.95. The summed E-state index contributed by atoms with van der Waals surface area (Å²) >= 11 is 0. The molecular weight excluding hydrogens is 436 g/mol. The van der Waals surface area contributed by atoms with Crippen molar-refractivity contribution in [1.29, 1.82) is 0 Å². The molecule has 1 atom stereocenters. The van der Waals surface area contributed by atoms with E-state index in [1.54, 1.807) is 56.3 Å². The molecule has 34 heavy (non-hydrogen) atoms. The van der Waals surface area contributed by atoms with Crippen molar-refractivity contribution in [1.82, 2.24) is 5.43 Å². The summed E-state index contributed by atoms with van der Waals surface area (Å²) in [5.74, 6) is -0.688. The highest BCUT2D eigenvalue weighted by Crippen LogP contribution is 2.36. The van der Waals surface area contributed by atoms with E-state index in [0.29, 0.717) is 41.3 Å². The van der Waals surface area contributed by atoms with Crippen molar-refractivity contribution in [3.63, 3.8) is 0 Å². The Labute approximate surface area is 198 Å². The van der Waals surface area contributed by atoms with Crippen molar-refractivity contribution < 1.29 is 28.6 Å². The molecule has 0 aromatic heterocycles. The highest BCUT2D eigenvalue weighted by atomic mass is 16.6. The fourth-order valence-electron chi connectivity index (χ4n) is 3.44. The molecule has 1 fully saturated rings. The number of ether oxygens (including phenoxy) is 3. The molecule has 1 heterocycles. The molecule has 2 amide bonds. The maximum Gasteiger partial charge on any atom is 0.347 e. The summed E-state index contributed by atoms with van der Waals surface area (Å²) in [5, 5.41) is 1.21. The minimum atomic E-state index is -0.853. The average molecular weight is 465 g/mol. The number of amides is 2. The van der Waals surface area contributed by atoms with Crippen molar-refractivity contribution in [2.24, 2.45) is 0 Å². The smallest absolute Gasteiger partial charge is 0.347 e. The van der Waals surface area contributed by atoms with Gasteiger partial charge in [0, 0.05) is 5.56 Å². The summed E-state index contributed by atoms with van der Waals surface area (Å²) in [4.78, 5) is 37.6. The predicted molar refractivity (Wildman–Crippen MR) is 128 cm³/mol. The number of hydrazine groups is 1. The van der Waals surface area contributed by atoms with Crippen LogP contribution in [0.3, 0.4) is 0 Å². The van der Waals surface area contributed by atoms with Gasteiger partial charge in [-0.2, -0.15) is 0 Å². The lowest BCUT2D eigenvalue weighted by atomic mass is 10.0. The number of hydrogen-bond donors (Lipinski definition) is 1. The van der Waals surface area contributed by atoms with Crippen LogP contribution in [0.25, 0.3) is 6.08 Å². The number of carbonyl (C=O) groups excluding carboxylic acids is 3. The summed E-state index contributed by atoms with van der Waals surface area (Å²) in [6.45, 7) is 9.52. The van der Waals surface area contributed by atoms with Crippen LogP contribution in [-0.2, 0) is 25.5 Å². The monoisotopic (exact) mass is 464 g/mol. The Morgan fingerprint density at radius 1 is 1.15 bits per heavy atom. The average Bonchev–Trinajstić information content (AvgIpc) is 3.10. The zero-order chi connectivity index (χ0) is 24.7. The molecular formula is C26H28N2O6. The topological polar surface area (TPSA) is 94.2 Å². The van der Waals surface area contributed by atoms with E-state index >= 15 is 0 Å². The Hall–Kier alpha value is -4.07. The van der Waals surface area contributed by atoms with Crippen LogP contribution in [-0.4, -0.2) is 37.1 Å². The predicted octanol–water partition coefficient (Wildman–Crippen LogP) is 3.61. The molecule has 2 aromatic carbocycles. The van der Waals surface area contributed by atoms with Gasteiger partial charge in [0.15, 0.2) is 17.6 Å². The molecule has 178 valence electrons. The maximum atomic E-state index is 12.9. The van der Waals surface area contributed by atoms with Crippen LogP contribution in [0.5, 0.6) is 11.5 Å². The van der Waals surface area contributed by atoms with E-state index in [1.165, 1.54) is 11.1 Å². The van der Waals surface area contributed by atoms with Crippen molar-refractivity contribution in [3.8, 4) is 11.5 Å². The number of allylic oxidation sites excluding steroid dienone is 1. The Balaban J connectivity index is 1.99. The van der Waals surface area contributed by atoms with Crippen LogP contribution in [0.4, 0.5) is 5.69 Å². The molecule has 1 aliphatic heterocycles. The van der Waals surface area contributed by atoms with Gasteiger partial charge >= 0.3 is 5.97 Å². The van der Waals surface area contributed by atoms with Gasteiger partial charge in [-0.15, -0.1) is 6.58 Å². The lowest BCUT2D eigenvalue weighted by Gasteiger charge is -2.20. The molecule has 0 bridgehead atoms. The van der Waals surface area contributed by atoms with Crippen molar-refractivity contribution in [2.75, 3.05) is 18.2 Å². The van der Waals surface area contributed by atoms with E-state index in [-0.39, 0.29) is 12.2 Å². The lowest BCUT2D eigenvalue weighted by molar-refractivity contribution is -0.150. The van der Waals surface area contributed by atoms with Crippen LogP contribution in [0.15, 0.2) is 60.7 Å². The molecule has 0 radical (unpaired) electrons. The number of benzene rings is 2. The number of anilines is 1. The van der Waals surface area contributed by atoms with Gasteiger partial charge in [0.25, 0.3) is 11.8 Å². The minimum absolute atomic E-state index is 0.00980. The van der Waals surface area contributed by atoms with E-state index in [2.05, 4.69) is 12.0 Å². The highest BCUT2D eigenvalue weighted by molar-refractivity contribution is 6.31. The van der Waals surface area contributed by atoms with E-state index in [4.69, 9.17) is 14.2 Å². The van der Waals surface area contributed by atoms with Gasteiger partial charge in [-0.3, -0.25) is 15.0 Å². The largest absolute Gasteiger partial charge is 0.490 e. The molecule has 8 nitrogen and oxygen atoms in total. The lowest BCUT2D eigenvalue weighted by Crippen LogP contribution is -2.35.